The second-order valence-electron chi connectivity index (χ2n) is 6.44. The first-order valence-electron chi connectivity index (χ1n) is 8.97. The predicted molar refractivity (Wildman–Crippen MR) is 86.7 cm³/mol. The Kier molecular flexibility index (Phi) is 8.01. The van der Waals surface area contributed by atoms with Gasteiger partial charge in [0.2, 0.25) is 0 Å². The molecular formula is C17H34N2O2. The first kappa shape index (κ1) is 17.2. The van der Waals surface area contributed by atoms with Gasteiger partial charge in [-0.15, -0.1) is 0 Å². The van der Waals surface area contributed by atoms with E-state index in [-0.39, 0.29) is 0 Å². The molecule has 1 saturated heterocycles. The standard InChI is InChI=1S/C17H34N2O2/c1-3-20-11-9-19(10-12-21-4-2)14-16-13-15-7-5-6-8-17(15)18-16/h15-18H,3-14H2,1-2H3. The molecule has 2 aliphatic rings. The minimum atomic E-state index is 0.668. The zero-order chi connectivity index (χ0) is 14.9. The molecule has 0 radical (unpaired) electrons. The van der Waals surface area contributed by atoms with Gasteiger partial charge in [-0.25, -0.2) is 0 Å². The molecule has 2 fully saturated rings. The Hall–Kier alpha value is -0.160. The van der Waals surface area contributed by atoms with Crippen LogP contribution in [0.4, 0.5) is 0 Å². The van der Waals surface area contributed by atoms with Crippen LogP contribution < -0.4 is 5.32 Å². The van der Waals surface area contributed by atoms with E-state index in [0.717, 1.165) is 58.0 Å². The molecule has 1 aliphatic carbocycles. The van der Waals surface area contributed by atoms with E-state index in [2.05, 4.69) is 24.1 Å². The summed E-state index contributed by atoms with van der Waals surface area (Å²) in [6, 6.07) is 1.46. The molecule has 4 nitrogen and oxygen atoms in total. The van der Waals surface area contributed by atoms with Crippen LogP contribution in [0, 0.1) is 5.92 Å². The summed E-state index contributed by atoms with van der Waals surface area (Å²) in [5.74, 6) is 0.935. The van der Waals surface area contributed by atoms with Crippen molar-refractivity contribution in [3.63, 3.8) is 0 Å². The van der Waals surface area contributed by atoms with Gasteiger partial charge in [-0.3, -0.25) is 4.90 Å². The number of fused-ring (bicyclic) bond motifs is 1. The maximum absolute atomic E-state index is 5.53. The van der Waals surface area contributed by atoms with Crippen LogP contribution >= 0.6 is 0 Å². The Balaban J connectivity index is 1.73. The lowest BCUT2D eigenvalue weighted by Gasteiger charge is -2.26. The molecule has 1 saturated carbocycles. The Morgan fingerprint density at radius 1 is 1.00 bits per heavy atom. The lowest BCUT2D eigenvalue weighted by molar-refractivity contribution is 0.0790. The van der Waals surface area contributed by atoms with Crippen molar-refractivity contribution in [3.05, 3.63) is 0 Å². The number of hydrogen-bond acceptors (Lipinski definition) is 4. The smallest absolute Gasteiger partial charge is 0.0593 e. The van der Waals surface area contributed by atoms with Crippen molar-refractivity contribution in [3.8, 4) is 0 Å². The summed E-state index contributed by atoms with van der Waals surface area (Å²) in [5, 5.41) is 3.88. The summed E-state index contributed by atoms with van der Waals surface area (Å²) in [5.41, 5.74) is 0. The van der Waals surface area contributed by atoms with Crippen LogP contribution in [0.3, 0.4) is 0 Å². The Morgan fingerprint density at radius 3 is 2.29 bits per heavy atom. The first-order chi connectivity index (χ1) is 10.3. The van der Waals surface area contributed by atoms with Crippen molar-refractivity contribution in [2.24, 2.45) is 5.92 Å². The summed E-state index contributed by atoms with van der Waals surface area (Å²) in [7, 11) is 0. The lowest BCUT2D eigenvalue weighted by Crippen LogP contribution is -2.42. The second-order valence-corrected chi connectivity index (χ2v) is 6.44. The van der Waals surface area contributed by atoms with Crippen molar-refractivity contribution in [1.29, 1.82) is 0 Å². The largest absolute Gasteiger partial charge is 0.380 e. The van der Waals surface area contributed by atoms with E-state index in [1.54, 1.807) is 0 Å². The number of nitrogens with zero attached hydrogens (tertiary/aromatic N) is 1. The van der Waals surface area contributed by atoms with E-state index in [4.69, 9.17) is 9.47 Å². The van der Waals surface area contributed by atoms with Gasteiger partial charge in [-0.2, -0.15) is 0 Å². The molecule has 1 heterocycles. The van der Waals surface area contributed by atoms with Crippen molar-refractivity contribution < 1.29 is 9.47 Å². The van der Waals surface area contributed by atoms with Crippen molar-refractivity contribution >= 4 is 0 Å². The van der Waals surface area contributed by atoms with Gasteiger partial charge in [0.1, 0.15) is 0 Å². The van der Waals surface area contributed by atoms with E-state index in [0.29, 0.717) is 6.04 Å². The van der Waals surface area contributed by atoms with Crippen molar-refractivity contribution in [2.75, 3.05) is 46.1 Å². The third-order valence-electron chi connectivity index (χ3n) is 4.94. The number of hydrogen-bond donors (Lipinski definition) is 1. The van der Waals surface area contributed by atoms with Crippen LogP contribution in [0.15, 0.2) is 0 Å². The normalized spacial score (nSPS) is 29.0. The van der Waals surface area contributed by atoms with Crippen LogP contribution in [-0.2, 0) is 9.47 Å². The minimum Gasteiger partial charge on any atom is -0.380 e. The van der Waals surface area contributed by atoms with Crippen molar-refractivity contribution in [2.45, 2.75) is 58.0 Å². The average Bonchev–Trinajstić information content (AvgIpc) is 2.89. The molecule has 0 bridgehead atoms. The average molecular weight is 298 g/mol. The summed E-state index contributed by atoms with van der Waals surface area (Å²) >= 11 is 0. The first-order valence-corrected chi connectivity index (χ1v) is 8.97. The van der Waals surface area contributed by atoms with Gasteiger partial charge in [0.05, 0.1) is 13.2 Å². The molecule has 1 aliphatic heterocycles. The minimum absolute atomic E-state index is 0.668. The summed E-state index contributed by atoms with van der Waals surface area (Å²) < 4.78 is 11.1. The number of ether oxygens (including phenoxy) is 2. The van der Waals surface area contributed by atoms with Crippen molar-refractivity contribution in [1.82, 2.24) is 10.2 Å². The fraction of sp³-hybridized carbons (Fsp3) is 1.00. The van der Waals surface area contributed by atoms with Gasteiger partial charge in [0.25, 0.3) is 0 Å². The summed E-state index contributed by atoms with van der Waals surface area (Å²) in [6.45, 7) is 10.6. The molecule has 0 aromatic rings. The molecule has 2 rings (SSSR count). The highest BCUT2D eigenvalue weighted by atomic mass is 16.5. The Bertz CT molecular complexity index is 252. The van der Waals surface area contributed by atoms with Crippen LogP contribution in [0.5, 0.6) is 0 Å². The second kappa shape index (κ2) is 9.78. The van der Waals surface area contributed by atoms with Crippen LogP contribution in [-0.4, -0.2) is 63.0 Å². The lowest BCUT2D eigenvalue weighted by atomic mass is 9.85. The monoisotopic (exact) mass is 298 g/mol. The van der Waals surface area contributed by atoms with Gasteiger partial charge in [-0.1, -0.05) is 12.8 Å². The van der Waals surface area contributed by atoms with E-state index in [1.807, 2.05) is 0 Å². The molecule has 0 aromatic carbocycles. The van der Waals surface area contributed by atoms with Gasteiger partial charge in [-0.05, 0) is 39.0 Å². The quantitative estimate of drug-likeness (QED) is 0.627. The zero-order valence-electron chi connectivity index (χ0n) is 14.0. The van der Waals surface area contributed by atoms with Gasteiger partial charge in [0, 0.05) is 44.9 Å². The van der Waals surface area contributed by atoms with Crippen LogP contribution in [0.25, 0.3) is 0 Å². The fourth-order valence-electron chi connectivity index (χ4n) is 3.85. The Morgan fingerprint density at radius 2 is 1.67 bits per heavy atom. The Labute approximate surface area is 130 Å². The van der Waals surface area contributed by atoms with E-state index in [9.17, 15) is 0 Å². The maximum Gasteiger partial charge on any atom is 0.0593 e. The SMILES string of the molecule is CCOCCN(CCOCC)CC1CC2CCCCC2N1. The molecule has 0 spiro atoms. The molecule has 0 amide bonds. The molecular weight excluding hydrogens is 264 g/mol. The molecule has 4 heteroatoms. The summed E-state index contributed by atoms with van der Waals surface area (Å²) in [4.78, 5) is 2.51. The highest BCUT2D eigenvalue weighted by molar-refractivity contribution is 4.93. The predicted octanol–water partition coefficient (Wildman–Crippen LogP) is 2.28. The number of nitrogens with one attached hydrogen (secondary N) is 1. The third-order valence-corrected chi connectivity index (χ3v) is 4.94. The summed E-state index contributed by atoms with van der Waals surface area (Å²) in [6.07, 6.45) is 7.04. The fourth-order valence-corrected chi connectivity index (χ4v) is 3.85. The highest BCUT2D eigenvalue weighted by Gasteiger charge is 2.35. The maximum atomic E-state index is 5.53. The molecule has 0 aromatic heterocycles. The highest BCUT2D eigenvalue weighted by Crippen LogP contribution is 2.33. The van der Waals surface area contributed by atoms with Crippen LogP contribution in [0.2, 0.25) is 0 Å². The molecule has 3 atom stereocenters. The van der Waals surface area contributed by atoms with Gasteiger partial charge < -0.3 is 14.8 Å². The topological polar surface area (TPSA) is 33.7 Å². The van der Waals surface area contributed by atoms with Crippen LogP contribution in [0.1, 0.15) is 46.0 Å². The van der Waals surface area contributed by atoms with E-state index >= 15 is 0 Å². The molecule has 3 unspecified atom stereocenters. The van der Waals surface area contributed by atoms with Gasteiger partial charge in [0.15, 0.2) is 0 Å². The third kappa shape index (κ3) is 5.85. The number of rotatable bonds is 10. The zero-order valence-corrected chi connectivity index (χ0v) is 14.0. The van der Waals surface area contributed by atoms with E-state index < -0.39 is 0 Å². The van der Waals surface area contributed by atoms with Gasteiger partial charge >= 0.3 is 0 Å². The van der Waals surface area contributed by atoms with E-state index in [1.165, 1.54) is 32.1 Å². The molecule has 124 valence electrons. The molecule has 21 heavy (non-hydrogen) atoms. The molecule has 1 N–H and O–H groups in total.